The Morgan fingerprint density at radius 2 is 1.64 bits per heavy atom. The molecule has 1 aromatic carbocycles. The van der Waals surface area contributed by atoms with Crippen LogP contribution in [0, 0.1) is 0 Å². The van der Waals surface area contributed by atoms with Crippen molar-refractivity contribution in [1.82, 2.24) is 5.32 Å². The highest BCUT2D eigenvalue weighted by Crippen LogP contribution is 2.59. The van der Waals surface area contributed by atoms with Crippen molar-refractivity contribution in [2.75, 3.05) is 20.3 Å². The molecule has 1 rings (SSSR count). The van der Waals surface area contributed by atoms with Crippen LogP contribution in [0.4, 0.5) is 4.79 Å². The quantitative estimate of drug-likeness (QED) is 0.676. The number of carbonyl (C=O) groups is 1. The van der Waals surface area contributed by atoms with Crippen LogP contribution in [0.25, 0.3) is 0 Å². The number of nitrogens with one attached hydrogen (secondary N) is 1. The third kappa shape index (κ3) is 6.69. The van der Waals surface area contributed by atoms with Gasteiger partial charge in [-0.3, -0.25) is 4.57 Å². The number of ether oxygens (including phenoxy) is 2. The molecule has 0 aliphatic rings. The van der Waals surface area contributed by atoms with Crippen molar-refractivity contribution in [3.63, 3.8) is 0 Å². The zero-order valence-corrected chi connectivity index (χ0v) is 16.6. The number of benzene rings is 1. The zero-order chi connectivity index (χ0) is 19.1. The van der Waals surface area contributed by atoms with E-state index in [-0.39, 0.29) is 13.2 Å². The molecule has 0 heterocycles. The first-order chi connectivity index (χ1) is 11.6. The lowest BCUT2D eigenvalue weighted by Crippen LogP contribution is -2.35. The minimum absolute atomic E-state index is 0.180. The van der Waals surface area contributed by atoms with Gasteiger partial charge in [-0.05, 0) is 52.3 Å². The smallest absolute Gasteiger partial charge is 0.408 e. The van der Waals surface area contributed by atoms with Gasteiger partial charge in [0.25, 0.3) is 0 Å². The number of carbonyl (C=O) groups excluding carboxylic acids is 1. The summed E-state index contributed by atoms with van der Waals surface area (Å²) in [7, 11) is -2.09. The lowest BCUT2D eigenvalue weighted by molar-refractivity contribution is 0.0508. The summed E-state index contributed by atoms with van der Waals surface area (Å²) in [4.78, 5) is 12.2. The van der Waals surface area contributed by atoms with Crippen molar-refractivity contribution < 1.29 is 27.9 Å². The Bertz CT molecular complexity index is 586. The van der Waals surface area contributed by atoms with Gasteiger partial charge in [0.05, 0.1) is 20.3 Å². The SMILES string of the molecule is CCOP(=O)(OCC)C(NC(=O)OC(C)(C)C)c1ccc(OC)cc1. The monoisotopic (exact) mass is 373 g/mol. The number of alkyl carbamates (subject to hydrolysis) is 1. The second-order valence-electron chi connectivity index (χ2n) is 6.20. The molecule has 25 heavy (non-hydrogen) atoms. The van der Waals surface area contributed by atoms with Gasteiger partial charge in [-0.1, -0.05) is 12.1 Å². The first-order valence-corrected chi connectivity index (χ1v) is 9.78. The molecule has 0 aromatic heterocycles. The summed E-state index contributed by atoms with van der Waals surface area (Å²) in [6.07, 6.45) is -0.701. The van der Waals surface area contributed by atoms with Gasteiger partial charge >= 0.3 is 13.7 Å². The first kappa shape index (κ1) is 21.5. The van der Waals surface area contributed by atoms with E-state index in [4.69, 9.17) is 18.5 Å². The van der Waals surface area contributed by atoms with Gasteiger partial charge in [0, 0.05) is 0 Å². The predicted octanol–water partition coefficient (Wildman–Crippen LogP) is 4.48. The van der Waals surface area contributed by atoms with Gasteiger partial charge in [-0.2, -0.15) is 0 Å². The molecule has 7 nitrogen and oxygen atoms in total. The van der Waals surface area contributed by atoms with Crippen LogP contribution in [0.2, 0.25) is 0 Å². The Labute approximate surface area is 149 Å². The summed E-state index contributed by atoms with van der Waals surface area (Å²) in [6, 6.07) is 6.82. The Morgan fingerprint density at radius 1 is 1.12 bits per heavy atom. The summed E-state index contributed by atoms with van der Waals surface area (Å²) in [6.45, 7) is 9.03. The van der Waals surface area contributed by atoms with E-state index in [0.717, 1.165) is 0 Å². The van der Waals surface area contributed by atoms with E-state index in [1.807, 2.05) is 0 Å². The second kappa shape index (κ2) is 9.22. The maximum atomic E-state index is 13.2. The Kier molecular flexibility index (Phi) is 7.93. The third-order valence-electron chi connectivity index (χ3n) is 3.02. The maximum Gasteiger partial charge on any atom is 0.408 e. The van der Waals surface area contributed by atoms with Crippen LogP contribution in [0.1, 0.15) is 46.0 Å². The van der Waals surface area contributed by atoms with Crippen LogP contribution >= 0.6 is 7.60 Å². The number of methoxy groups -OCH3 is 1. The number of hydrogen-bond acceptors (Lipinski definition) is 6. The Morgan fingerprint density at radius 3 is 2.04 bits per heavy atom. The van der Waals surface area contributed by atoms with Crippen LogP contribution in [0.3, 0.4) is 0 Å². The fraction of sp³-hybridized carbons (Fsp3) is 0.588. The van der Waals surface area contributed by atoms with Crippen LogP contribution in [0.5, 0.6) is 5.75 Å². The Hall–Kier alpha value is -1.56. The average Bonchev–Trinajstić information content (AvgIpc) is 2.51. The number of hydrogen-bond donors (Lipinski definition) is 1. The topological polar surface area (TPSA) is 83.1 Å². The van der Waals surface area contributed by atoms with Crippen LogP contribution in [0.15, 0.2) is 24.3 Å². The molecule has 1 unspecified atom stereocenters. The molecule has 1 atom stereocenters. The predicted molar refractivity (Wildman–Crippen MR) is 96.0 cm³/mol. The van der Waals surface area contributed by atoms with E-state index < -0.39 is 25.1 Å². The van der Waals surface area contributed by atoms with Gasteiger partial charge in [0.2, 0.25) is 0 Å². The number of amides is 1. The molecule has 0 radical (unpaired) electrons. The van der Waals surface area contributed by atoms with Crippen molar-refractivity contribution >= 4 is 13.7 Å². The van der Waals surface area contributed by atoms with E-state index >= 15 is 0 Å². The van der Waals surface area contributed by atoms with E-state index in [0.29, 0.717) is 11.3 Å². The molecular weight excluding hydrogens is 345 g/mol. The van der Waals surface area contributed by atoms with Crippen molar-refractivity contribution in [1.29, 1.82) is 0 Å². The molecule has 0 bridgehead atoms. The molecule has 142 valence electrons. The fourth-order valence-electron chi connectivity index (χ4n) is 2.10. The minimum atomic E-state index is -3.65. The van der Waals surface area contributed by atoms with E-state index in [2.05, 4.69) is 5.32 Å². The minimum Gasteiger partial charge on any atom is -0.497 e. The molecule has 1 amide bonds. The molecule has 1 N–H and O–H groups in total. The molecular formula is C17H28NO6P. The van der Waals surface area contributed by atoms with Crippen LogP contribution in [-0.4, -0.2) is 32.0 Å². The molecule has 0 saturated carbocycles. The van der Waals surface area contributed by atoms with Crippen molar-refractivity contribution in [3.05, 3.63) is 29.8 Å². The largest absolute Gasteiger partial charge is 0.497 e. The van der Waals surface area contributed by atoms with Gasteiger partial charge in [-0.25, -0.2) is 4.79 Å². The second-order valence-corrected chi connectivity index (χ2v) is 8.31. The molecule has 0 saturated heterocycles. The summed E-state index contributed by atoms with van der Waals surface area (Å²) in [5.41, 5.74) is -0.118. The molecule has 0 spiro atoms. The van der Waals surface area contributed by atoms with Gasteiger partial charge in [0.15, 0.2) is 5.78 Å². The molecule has 0 aliphatic carbocycles. The lowest BCUT2D eigenvalue weighted by Gasteiger charge is -2.28. The summed E-state index contributed by atoms with van der Waals surface area (Å²) in [5, 5.41) is 2.62. The highest BCUT2D eigenvalue weighted by atomic mass is 31.2. The molecule has 0 aliphatic heterocycles. The summed E-state index contributed by atoms with van der Waals surface area (Å²) >= 11 is 0. The summed E-state index contributed by atoms with van der Waals surface area (Å²) in [5.74, 6) is -0.351. The summed E-state index contributed by atoms with van der Waals surface area (Å²) < 4.78 is 34.4. The third-order valence-corrected chi connectivity index (χ3v) is 5.32. The Balaban J connectivity index is 3.19. The fourth-order valence-corrected chi connectivity index (χ4v) is 3.99. The van der Waals surface area contributed by atoms with Gasteiger partial charge in [-0.15, -0.1) is 0 Å². The molecule has 1 aromatic rings. The van der Waals surface area contributed by atoms with Crippen LogP contribution in [-0.2, 0) is 18.3 Å². The first-order valence-electron chi connectivity index (χ1n) is 8.17. The van der Waals surface area contributed by atoms with Crippen molar-refractivity contribution in [2.24, 2.45) is 0 Å². The highest BCUT2D eigenvalue weighted by Gasteiger charge is 2.39. The zero-order valence-electron chi connectivity index (χ0n) is 15.7. The van der Waals surface area contributed by atoms with Gasteiger partial charge < -0.3 is 23.8 Å². The van der Waals surface area contributed by atoms with Gasteiger partial charge in [0.1, 0.15) is 11.4 Å². The molecule has 0 fully saturated rings. The van der Waals surface area contributed by atoms with E-state index in [9.17, 15) is 9.36 Å². The van der Waals surface area contributed by atoms with Crippen LogP contribution < -0.4 is 10.1 Å². The van der Waals surface area contributed by atoms with E-state index in [1.165, 1.54) is 0 Å². The molecule has 8 heteroatoms. The standard InChI is InChI=1S/C17H28NO6P/c1-7-22-25(20,23-8-2)15(18-16(19)24-17(3,4)5)13-9-11-14(21-6)12-10-13/h9-12,15H,7-8H2,1-6H3,(H,18,19). The van der Waals surface area contributed by atoms with Crippen molar-refractivity contribution in [3.8, 4) is 5.75 Å². The maximum absolute atomic E-state index is 13.2. The lowest BCUT2D eigenvalue weighted by atomic mass is 10.2. The average molecular weight is 373 g/mol. The van der Waals surface area contributed by atoms with Crippen molar-refractivity contribution in [2.45, 2.75) is 46.0 Å². The number of rotatable bonds is 8. The van der Waals surface area contributed by atoms with E-state index in [1.54, 1.807) is 66.0 Å². The highest BCUT2D eigenvalue weighted by molar-refractivity contribution is 7.54. The normalized spacial score (nSPS) is 13.2.